The lowest BCUT2D eigenvalue weighted by Gasteiger charge is -2.22. The number of aliphatic imine (C=N–C) groups is 1. The zero-order chi connectivity index (χ0) is 25.7. The van der Waals surface area contributed by atoms with Crippen molar-refractivity contribution in [1.29, 1.82) is 0 Å². The number of rotatable bonds is 8. The second-order valence-electron chi connectivity index (χ2n) is 8.57. The van der Waals surface area contributed by atoms with E-state index >= 15 is 0 Å². The number of para-hydroxylation sites is 1. The molecule has 186 valence electrons. The number of methoxy groups -OCH3 is 1. The molecule has 0 spiro atoms. The highest BCUT2D eigenvalue weighted by atomic mass is 79.9. The van der Waals surface area contributed by atoms with Gasteiger partial charge < -0.3 is 9.47 Å². The third-order valence-electron chi connectivity index (χ3n) is 5.94. The van der Waals surface area contributed by atoms with Crippen molar-refractivity contribution in [1.82, 2.24) is 4.90 Å². The van der Waals surface area contributed by atoms with E-state index in [-0.39, 0.29) is 11.9 Å². The van der Waals surface area contributed by atoms with Crippen LogP contribution in [0.1, 0.15) is 37.0 Å². The summed E-state index contributed by atoms with van der Waals surface area (Å²) in [7, 11) is 1.62. The summed E-state index contributed by atoms with van der Waals surface area (Å²) in [4.78, 5) is 20.7. The van der Waals surface area contributed by atoms with Crippen LogP contribution in [-0.2, 0) is 11.4 Å². The Balaban J connectivity index is 1.68. The number of hydrogen-bond acceptors (Lipinski definition) is 5. The van der Waals surface area contributed by atoms with Crippen LogP contribution in [0.4, 0.5) is 5.69 Å². The third kappa shape index (κ3) is 6.02. The highest BCUT2D eigenvalue weighted by molar-refractivity contribution is 9.10. The summed E-state index contributed by atoms with van der Waals surface area (Å²) < 4.78 is 12.8. The third-order valence-corrected chi connectivity index (χ3v) is 7.45. The number of carbonyl (C=O) groups excluding carboxylic acids is 1. The van der Waals surface area contributed by atoms with Gasteiger partial charge in [0.2, 0.25) is 0 Å². The number of carbonyl (C=O) groups is 1. The van der Waals surface area contributed by atoms with Gasteiger partial charge in [-0.3, -0.25) is 9.69 Å². The van der Waals surface area contributed by atoms with Gasteiger partial charge in [0.1, 0.15) is 6.61 Å². The molecular formula is C29H29BrN2O3S. The Morgan fingerprint density at radius 1 is 1.08 bits per heavy atom. The zero-order valence-corrected chi connectivity index (χ0v) is 23.2. The number of amidine groups is 1. The molecule has 1 aliphatic heterocycles. The summed E-state index contributed by atoms with van der Waals surface area (Å²) in [6.07, 6.45) is 2.70. The van der Waals surface area contributed by atoms with Crippen LogP contribution in [0.2, 0.25) is 0 Å². The molecule has 1 aliphatic rings. The van der Waals surface area contributed by atoms with Crippen LogP contribution < -0.4 is 9.47 Å². The van der Waals surface area contributed by atoms with Gasteiger partial charge in [0, 0.05) is 16.1 Å². The first-order valence-corrected chi connectivity index (χ1v) is 13.4. The maximum atomic E-state index is 13.5. The molecule has 1 heterocycles. The van der Waals surface area contributed by atoms with Gasteiger partial charge in [-0.1, -0.05) is 64.8 Å². The van der Waals surface area contributed by atoms with Gasteiger partial charge >= 0.3 is 0 Å². The molecule has 0 aromatic heterocycles. The fourth-order valence-corrected chi connectivity index (χ4v) is 5.05. The molecule has 7 heteroatoms. The summed E-state index contributed by atoms with van der Waals surface area (Å²) >= 11 is 4.85. The van der Waals surface area contributed by atoms with Crippen LogP contribution in [-0.4, -0.2) is 29.1 Å². The van der Waals surface area contributed by atoms with E-state index in [0.29, 0.717) is 28.2 Å². The lowest BCUT2D eigenvalue weighted by Crippen LogP contribution is -2.36. The Morgan fingerprint density at radius 3 is 2.47 bits per heavy atom. The van der Waals surface area contributed by atoms with E-state index in [1.54, 1.807) is 12.0 Å². The second-order valence-corrected chi connectivity index (χ2v) is 10.5. The molecule has 1 fully saturated rings. The molecule has 0 radical (unpaired) electrons. The topological polar surface area (TPSA) is 51.1 Å². The normalized spacial score (nSPS) is 16.6. The minimum Gasteiger partial charge on any atom is -0.493 e. The van der Waals surface area contributed by atoms with Crippen LogP contribution in [0.5, 0.6) is 11.5 Å². The van der Waals surface area contributed by atoms with Crippen LogP contribution in [0, 0.1) is 6.92 Å². The van der Waals surface area contributed by atoms with Crippen molar-refractivity contribution < 1.29 is 14.3 Å². The lowest BCUT2D eigenvalue weighted by atomic mass is 10.1. The maximum absolute atomic E-state index is 13.5. The summed E-state index contributed by atoms with van der Waals surface area (Å²) in [5, 5.41) is 0.685. The van der Waals surface area contributed by atoms with Gasteiger partial charge in [-0.25, -0.2) is 4.99 Å². The van der Waals surface area contributed by atoms with Gasteiger partial charge in [-0.15, -0.1) is 0 Å². The van der Waals surface area contributed by atoms with E-state index in [0.717, 1.165) is 27.7 Å². The average molecular weight is 566 g/mol. The van der Waals surface area contributed by atoms with Crippen molar-refractivity contribution in [2.75, 3.05) is 7.11 Å². The van der Waals surface area contributed by atoms with Crippen molar-refractivity contribution in [3.63, 3.8) is 0 Å². The van der Waals surface area contributed by atoms with Gasteiger partial charge in [-0.2, -0.15) is 0 Å². The number of benzene rings is 3. The summed E-state index contributed by atoms with van der Waals surface area (Å²) in [5.74, 6) is 1.16. The molecule has 1 atom stereocenters. The zero-order valence-electron chi connectivity index (χ0n) is 20.8. The molecule has 0 aliphatic carbocycles. The first-order valence-electron chi connectivity index (χ1n) is 11.8. The van der Waals surface area contributed by atoms with Crippen molar-refractivity contribution in [3.8, 4) is 11.5 Å². The van der Waals surface area contributed by atoms with E-state index in [2.05, 4.69) is 22.9 Å². The van der Waals surface area contributed by atoms with Gasteiger partial charge in [0.05, 0.1) is 17.7 Å². The smallest absolute Gasteiger partial charge is 0.267 e. The molecule has 3 aromatic rings. The molecule has 0 bridgehead atoms. The molecule has 36 heavy (non-hydrogen) atoms. The molecule has 0 unspecified atom stereocenters. The lowest BCUT2D eigenvalue weighted by molar-refractivity contribution is -0.123. The van der Waals surface area contributed by atoms with Crippen molar-refractivity contribution in [2.24, 2.45) is 4.99 Å². The SMILES string of the molecule is CC[C@H](C)N1C(=O)/C(=C\c2cccc(OC)c2OCc2ccc(Br)cc2)SC1=Nc1ccc(C)cc1. The van der Waals surface area contributed by atoms with Crippen LogP contribution in [0.15, 0.2) is 81.1 Å². The number of amides is 1. The molecule has 5 nitrogen and oxygen atoms in total. The van der Waals surface area contributed by atoms with E-state index < -0.39 is 0 Å². The predicted octanol–water partition coefficient (Wildman–Crippen LogP) is 7.75. The number of hydrogen-bond donors (Lipinski definition) is 0. The number of ether oxygens (including phenoxy) is 2. The molecule has 3 aromatic carbocycles. The largest absolute Gasteiger partial charge is 0.493 e. The predicted molar refractivity (Wildman–Crippen MR) is 152 cm³/mol. The van der Waals surface area contributed by atoms with E-state index in [1.807, 2.05) is 86.7 Å². The molecule has 1 amide bonds. The van der Waals surface area contributed by atoms with Crippen molar-refractivity contribution >= 4 is 50.5 Å². The van der Waals surface area contributed by atoms with Gasteiger partial charge in [0.25, 0.3) is 5.91 Å². The Labute approximate surface area is 225 Å². The molecule has 4 rings (SSSR count). The average Bonchev–Trinajstić information content (AvgIpc) is 3.19. The number of aryl methyl sites for hydroxylation is 1. The Bertz CT molecular complexity index is 1290. The second kappa shape index (κ2) is 11.8. The van der Waals surface area contributed by atoms with E-state index in [4.69, 9.17) is 14.5 Å². The first kappa shape index (κ1) is 26.0. The fourth-order valence-electron chi connectivity index (χ4n) is 3.70. The highest BCUT2D eigenvalue weighted by Crippen LogP contribution is 2.39. The van der Waals surface area contributed by atoms with Crippen molar-refractivity contribution in [3.05, 3.63) is 92.8 Å². The first-order chi connectivity index (χ1) is 17.4. The van der Waals surface area contributed by atoms with Crippen LogP contribution in [0.3, 0.4) is 0 Å². The molecule has 0 N–H and O–H groups in total. The number of nitrogens with zero attached hydrogens (tertiary/aromatic N) is 2. The fraction of sp³-hybridized carbons (Fsp3) is 0.241. The number of thioether (sulfide) groups is 1. The van der Waals surface area contributed by atoms with E-state index in [9.17, 15) is 4.79 Å². The standard InChI is InChI=1S/C29H29BrN2O3S/c1-5-20(3)32-28(33)26(36-29(32)31-24-15-9-19(2)10-16-24)17-22-7-6-8-25(34-4)27(22)35-18-21-11-13-23(30)14-12-21/h6-17,20H,5,18H2,1-4H3/b26-17+,31-29?/t20-/m0/s1. The van der Waals surface area contributed by atoms with Crippen molar-refractivity contribution in [2.45, 2.75) is 39.8 Å². The maximum Gasteiger partial charge on any atom is 0.267 e. The van der Waals surface area contributed by atoms with Crippen LogP contribution >= 0.6 is 27.7 Å². The van der Waals surface area contributed by atoms with Gasteiger partial charge in [-0.05, 0) is 74.0 Å². The summed E-state index contributed by atoms with van der Waals surface area (Å²) in [5.41, 5.74) is 3.81. The summed E-state index contributed by atoms with van der Waals surface area (Å²) in [6, 6.07) is 21.7. The van der Waals surface area contributed by atoms with Crippen LogP contribution in [0.25, 0.3) is 6.08 Å². The highest BCUT2D eigenvalue weighted by Gasteiger charge is 2.36. The quantitative estimate of drug-likeness (QED) is 0.262. The minimum atomic E-state index is -0.0538. The van der Waals surface area contributed by atoms with Gasteiger partial charge in [0.15, 0.2) is 16.7 Å². The molecule has 0 saturated carbocycles. The number of halogens is 1. The summed E-state index contributed by atoms with van der Waals surface area (Å²) in [6.45, 7) is 6.54. The minimum absolute atomic E-state index is 0.0264. The Morgan fingerprint density at radius 2 is 1.81 bits per heavy atom. The Kier molecular flexibility index (Phi) is 8.54. The monoisotopic (exact) mass is 564 g/mol. The van der Waals surface area contributed by atoms with E-state index in [1.165, 1.54) is 17.3 Å². The molecular weight excluding hydrogens is 536 g/mol. The molecule has 1 saturated heterocycles. The Hall–Kier alpha value is -3.03.